The van der Waals surface area contributed by atoms with E-state index in [1.54, 1.807) is 0 Å². The summed E-state index contributed by atoms with van der Waals surface area (Å²) in [6.07, 6.45) is -5.85. The second kappa shape index (κ2) is 5.15. The first-order valence-electron chi connectivity index (χ1n) is 3.97. The van der Waals surface area contributed by atoms with Crippen LogP contribution in [-0.2, 0) is 0 Å². The lowest BCUT2D eigenvalue weighted by atomic mass is 10.3. The van der Waals surface area contributed by atoms with E-state index < -0.39 is 18.8 Å². The Labute approximate surface area is 102 Å². The number of nitrogens with one attached hydrogen (secondary N) is 1. The van der Waals surface area contributed by atoms with Crippen LogP contribution in [-0.4, -0.2) is 33.9 Å². The second-order valence-corrected chi connectivity index (χ2v) is 3.97. The summed E-state index contributed by atoms with van der Waals surface area (Å²) in [5, 5.41) is 10.9. The summed E-state index contributed by atoms with van der Waals surface area (Å²) < 4.78 is 36.3. The fraction of sp³-hybridized carbons (Fsp3) is 0.429. The molecule has 1 atom stereocenters. The number of halogens is 5. The molecule has 0 amide bonds. The van der Waals surface area contributed by atoms with Gasteiger partial charge in [0.25, 0.3) is 0 Å². The zero-order chi connectivity index (χ0) is 12.3. The Balaban J connectivity index is 2.64. The standard InChI is InChI=1S/C7H6BrClF3N3O/c8-3-1-14-6(9)15-5(3)13-2-4(16)7(10,11)12/h1,4,16H,2H2,(H,13,14,15). The predicted octanol–water partition coefficient (Wildman–Crippen LogP) is 2.23. The van der Waals surface area contributed by atoms with E-state index in [1.807, 2.05) is 0 Å². The van der Waals surface area contributed by atoms with Crippen molar-refractivity contribution in [2.75, 3.05) is 11.9 Å². The van der Waals surface area contributed by atoms with Crippen LogP contribution in [0.3, 0.4) is 0 Å². The molecule has 1 rings (SSSR count). The van der Waals surface area contributed by atoms with E-state index in [2.05, 4.69) is 31.2 Å². The van der Waals surface area contributed by atoms with Gasteiger partial charge >= 0.3 is 6.18 Å². The molecule has 0 aliphatic carbocycles. The van der Waals surface area contributed by atoms with Crippen molar-refractivity contribution in [3.63, 3.8) is 0 Å². The molecule has 0 fully saturated rings. The van der Waals surface area contributed by atoms with Crippen LogP contribution in [0.2, 0.25) is 5.28 Å². The number of aliphatic hydroxyl groups excluding tert-OH is 1. The molecule has 9 heteroatoms. The van der Waals surface area contributed by atoms with Crippen molar-refractivity contribution in [1.29, 1.82) is 0 Å². The Kier molecular flexibility index (Phi) is 4.34. The maximum absolute atomic E-state index is 12.0. The van der Waals surface area contributed by atoms with E-state index in [4.69, 9.17) is 16.7 Å². The third-order valence-corrected chi connectivity index (χ3v) is 2.32. The molecule has 90 valence electrons. The van der Waals surface area contributed by atoms with Crippen LogP contribution in [0.15, 0.2) is 10.7 Å². The quantitative estimate of drug-likeness (QED) is 0.839. The van der Waals surface area contributed by atoms with Crippen LogP contribution in [0.5, 0.6) is 0 Å². The lowest BCUT2D eigenvalue weighted by molar-refractivity contribution is -0.198. The first-order valence-corrected chi connectivity index (χ1v) is 5.14. The third-order valence-electron chi connectivity index (χ3n) is 1.56. The number of hydrogen-bond donors (Lipinski definition) is 2. The van der Waals surface area contributed by atoms with Gasteiger partial charge in [-0.25, -0.2) is 4.98 Å². The van der Waals surface area contributed by atoms with Crippen molar-refractivity contribution in [2.45, 2.75) is 12.3 Å². The largest absolute Gasteiger partial charge is 0.416 e. The van der Waals surface area contributed by atoms with Crippen molar-refractivity contribution in [3.05, 3.63) is 16.0 Å². The molecule has 0 aliphatic rings. The molecule has 0 aromatic carbocycles. The molecule has 0 spiro atoms. The Morgan fingerprint density at radius 2 is 2.19 bits per heavy atom. The highest BCUT2D eigenvalue weighted by Gasteiger charge is 2.37. The lowest BCUT2D eigenvalue weighted by Gasteiger charge is -2.15. The topological polar surface area (TPSA) is 58.0 Å². The maximum atomic E-state index is 12.0. The molecule has 0 radical (unpaired) electrons. The Morgan fingerprint density at radius 1 is 1.56 bits per heavy atom. The van der Waals surface area contributed by atoms with Gasteiger partial charge in [0.15, 0.2) is 6.10 Å². The number of anilines is 1. The van der Waals surface area contributed by atoms with Gasteiger partial charge in [0.05, 0.1) is 11.0 Å². The number of alkyl halides is 3. The van der Waals surface area contributed by atoms with Crippen molar-refractivity contribution >= 4 is 33.3 Å². The van der Waals surface area contributed by atoms with E-state index in [1.165, 1.54) is 6.20 Å². The monoisotopic (exact) mass is 319 g/mol. The lowest BCUT2D eigenvalue weighted by Crippen LogP contribution is -2.35. The third kappa shape index (κ3) is 3.76. The van der Waals surface area contributed by atoms with Gasteiger partial charge in [0, 0.05) is 6.20 Å². The number of rotatable bonds is 3. The zero-order valence-electron chi connectivity index (χ0n) is 7.59. The number of aromatic nitrogens is 2. The minimum atomic E-state index is -4.67. The summed E-state index contributed by atoms with van der Waals surface area (Å²) in [7, 11) is 0. The number of aliphatic hydroxyl groups is 1. The van der Waals surface area contributed by atoms with Crippen molar-refractivity contribution in [1.82, 2.24) is 9.97 Å². The molecular formula is C7H6BrClF3N3O. The van der Waals surface area contributed by atoms with Crippen molar-refractivity contribution in [2.24, 2.45) is 0 Å². The average molecular weight is 320 g/mol. The van der Waals surface area contributed by atoms with Gasteiger partial charge < -0.3 is 10.4 Å². The molecule has 2 N–H and O–H groups in total. The molecule has 16 heavy (non-hydrogen) atoms. The van der Waals surface area contributed by atoms with Crippen molar-refractivity contribution in [3.8, 4) is 0 Å². The van der Waals surface area contributed by atoms with Crippen LogP contribution in [0.4, 0.5) is 19.0 Å². The fourth-order valence-electron chi connectivity index (χ4n) is 0.779. The second-order valence-electron chi connectivity index (χ2n) is 2.77. The van der Waals surface area contributed by atoms with E-state index in [0.29, 0.717) is 4.47 Å². The van der Waals surface area contributed by atoms with Crippen LogP contribution in [0.1, 0.15) is 0 Å². The first kappa shape index (κ1) is 13.5. The Hall–Kier alpha value is -0.600. The molecule has 0 bridgehead atoms. The van der Waals surface area contributed by atoms with Crippen LogP contribution in [0, 0.1) is 0 Å². The van der Waals surface area contributed by atoms with Crippen LogP contribution < -0.4 is 5.32 Å². The SMILES string of the molecule is OC(CNc1nc(Cl)ncc1Br)C(F)(F)F. The summed E-state index contributed by atoms with van der Waals surface area (Å²) in [5.74, 6) is 0.0864. The molecule has 0 aliphatic heterocycles. The Bertz CT molecular complexity index is 376. The van der Waals surface area contributed by atoms with Gasteiger partial charge in [-0.3, -0.25) is 0 Å². The normalized spacial score (nSPS) is 13.6. The van der Waals surface area contributed by atoms with E-state index >= 15 is 0 Å². The average Bonchev–Trinajstić information content (AvgIpc) is 2.17. The molecule has 1 aromatic heterocycles. The molecular weight excluding hydrogens is 314 g/mol. The number of nitrogens with zero attached hydrogens (tertiary/aromatic N) is 2. The highest BCUT2D eigenvalue weighted by Crippen LogP contribution is 2.23. The highest BCUT2D eigenvalue weighted by atomic mass is 79.9. The Morgan fingerprint density at radius 3 is 2.75 bits per heavy atom. The van der Waals surface area contributed by atoms with E-state index in [9.17, 15) is 13.2 Å². The summed E-state index contributed by atoms with van der Waals surface area (Å²) in [6.45, 7) is -0.713. The predicted molar refractivity (Wildman–Crippen MR) is 55.3 cm³/mol. The number of hydrogen-bond acceptors (Lipinski definition) is 4. The summed E-state index contributed by atoms with van der Waals surface area (Å²) in [4.78, 5) is 7.24. The smallest absolute Gasteiger partial charge is 0.382 e. The molecule has 1 unspecified atom stereocenters. The molecule has 0 saturated carbocycles. The van der Waals surface area contributed by atoms with Gasteiger partial charge in [-0.2, -0.15) is 18.2 Å². The molecule has 1 aromatic rings. The van der Waals surface area contributed by atoms with Crippen LogP contribution in [0.25, 0.3) is 0 Å². The van der Waals surface area contributed by atoms with E-state index in [0.717, 1.165) is 0 Å². The summed E-state index contributed by atoms with van der Waals surface area (Å²) in [6, 6.07) is 0. The van der Waals surface area contributed by atoms with Gasteiger partial charge in [0.1, 0.15) is 5.82 Å². The minimum absolute atomic E-state index is 0.0864. The van der Waals surface area contributed by atoms with Gasteiger partial charge in [-0.05, 0) is 27.5 Å². The summed E-state index contributed by atoms with van der Waals surface area (Å²) in [5.41, 5.74) is 0. The highest BCUT2D eigenvalue weighted by molar-refractivity contribution is 9.10. The van der Waals surface area contributed by atoms with Gasteiger partial charge in [-0.1, -0.05) is 0 Å². The molecule has 4 nitrogen and oxygen atoms in total. The fourth-order valence-corrected chi connectivity index (χ4v) is 1.24. The summed E-state index contributed by atoms with van der Waals surface area (Å²) >= 11 is 8.48. The zero-order valence-corrected chi connectivity index (χ0v) is 9.94. The van der Waals surface area contributed by atoms with Gasteiger partial charge in [0.2, 0.25) is 5.28 Å². The van der Waals surface area contributed by atoms with Crippen molar-refractivity contribution < 1.29 is 18.3 Å². The molecule has 0 saturated heterocycles. The van der Waals surface area contributed by atoms with Gasteiger partial charge in [-0.15, -0.1) is 0 Å². The van der Waals surface area contributed by atoms with Crippen LogP contribution >= 0.6 is 27.5 Å². The van der Waals surface area contributed by atoms with E-state index in [-0.39, 0.29) is 11.1 Å². The maximum Gasteiger partial charge on any atom is 0.416 e. The first-order chi connectivity index (χ1) is 7.30. The molecule has 1 heterocycles. The minimum Gasteiger partial charge on any atom is -0.382 e.